The molecule has 0 radical (unpaired) electrons. The largest absolute Gasteiger partial charge is 0.508 e. The molecule has 0 saturated carbocycles. The van der Waals surface area contributed by atoms with Gasteiger partial charge in [-0.1, -0.05) is 55.4 Å². The molecule has 0 N–H and O–H groups in total. The van der Waals surface area contributed by atoms with Gasteiger partial charge in [0.15, 0.2) is 0 Å². The van der Waals surface area contributed by atoms with Crippen molar-refractivity contribution in [2.75, 3.05) is 6.61 Å². The summed E-state index contributed by atoms with van der Waals surface area (Å²) in [4.78, 5) is 11.3. The lowest BCUT2D eigenvalue weighted by Gasteiger charge is -2.48. The minimum atomic E-state index is -0.516. The second-order valence-electron chi connectivity index (χ2n) is 8.71. The molecule has 3 atom stereocenters. The third kappa shape index (κ3) is 3.89. The van der Waals surface area contributed by atoms with Gasteiger partial charge in [-0.3, -0.25) is 0 Å². The molecule has 1 fully saturated rings. The lowest BCUT2D eigenvalue weighted by molar-refractivity contribution is -0.0522. The lowest BCUT2D eigenvalue weighted by atomic mass is 9.57. The van der Waals surface area contributed by atoms with Gasteiger partial charge in [-0.2, -0.15) is 0 Å². The summed E-state index contributed by atoms with van der Waals surface area (Å²) >= 11 is 0. The molecule has 0 aromatic rings. The summed E-state index contributed by atoms with van der Waals surface area (Å²) in [7, 11) is 0. The Balaban J connectivity index is 3.10. The van der Waals surface area contributed by atoms with Crippen molar-refractivity contribution in [3.63, 3.8) is 0 Å². The molecule has 118 valence electrons. The van der Waals surface area contributed by atoms with Crippen molar-refractivity contribution >= 4 is 6.16 Å². The van der Waals surface area contributed by atoms with Crippen molar-refractivity contribution in [3.8, 4) is 0 Å². The Morgan fingerprint density at radius 3 is 2.00 bits per heavy atom. The molecule has 1 rings (SSSR count). The van der Waals surface area contributed by atoms with Crippen molar-refractivity contribution in [2.45, 2.75) is 74.3 Å². The lowest BCUT2D eigenvalue weighted by Crippen LogP contribution is -2.47. The predicted molar refractivity (Wildman–Crippen MR) is 81.6 cm³/mol. The predicted octanol–water partition coefficient (Wildman–Crippen LogP) is 5.04. The first-order valence-corrected chi connectivity index (χ1v) is 7.73. The van der Waals surface area contributed by atoms with Gasteiger partial charge in [0.05, 0.1) is 0 Å². The van der Waals surface area contributed by atoms with Gasteiger partial charge in [-0.05, 0) is 29.6 Å². The molecule has 0 spiro atoms. The van der Waals surface area contributed by atoms with E-state index < -0.39 is 6.16 Å². The van der Waals surface area contributed by atoms with Crippen LogP contribution in [0.1, 0.15) is 68.2 Å². The Labute approximate surface area is 124 Å². The second-order valence-corrected chi connectivity index (χ2v) is 8.71. The normalized spacial score (nSPS) is 24.8. The van der Waals surface area contributed by atoms with E-state index in [1.807, 2.05) is 0 Å². The fourth-order valence-electron chi connectivity index (χ4n) is 3.49. The van der Waals surface area contributed by atoms with Gasteiger partial charge in [-0.25, -0.2) is 4.79 Å². The maximum atomic E-state index is 11.3. The summed E-state index contributed by atoms with van der Waals surface area (Å²) in [5, 5.41) is 0. The van der Waals surface area contributed by atoms with Crippen LogP contribution < -0.4 is 0 Å². The summed E-state index contributed by atoms with van der Waals surface area (Å²) in [5.74, 6) is 0.458. The quantitative estimate of drug-likeness (QED) is 0.679. The average molecular weight is 284 g/mol. The first-order valence-electron chi connectivity index (χ1n) is 7.73. The maximum Gasteiger partial charge on any atom is 0.508 e. The minimum absolute atomic E-state index is 0.0578. The average Bonchev–Trinajstić information content (AvgIpc) is 2.70. The highest BCUT2D eigenvalue weighted by Crippen LogP contribution is 2.51. The van der Waals surface area contributed by atoms with E-state index in [4.69, 9.17) is 9.47 Å². The number of cyclic esters (lactones) is 2. The number of hydrogen-bond donors (Lipinski definition) is 0. The summed E-state index contributed by atoms with van der Waals surface area (Å²) in [5.41, 5.74) is 0.350. The van der Waals surface area contributed by atoms with Crippen LogP contribution in [-0.2, 0) is 9.47 Å². The van der Waals surface area contributed by atoms with Gasteiger partial charge in [0, 0.05) is 5.41 Å². The van der Waals surface area contributed by atoms with E-state index >= 15 is 0 Å². The van der Waals surface area contributed by atoms with Crippen molar-refractivity contribution < 1.29 is 14.3 Å². The Morgan fingerprint density at radius 1 is 1.15 bits per heavy atom. The van der Waals surface area contributed by atoms with Crippen LogP contribution in [0.15, 0.2) is 0 Å². The third-order valence-corrected chi connectivity index (χ3v) is 4.75. The molecule has 1 aliphatic heterocycles. The van der Waals surface area contributed by atoms with E-state index in [0.717, 1.165) is 12.8 Å². The van der Waals surface area contributed by atoms with Crippen LogP contribution in [0.4, 0.5) is 4.79 Å². The third-order valence-electron chi connectivity index (χ3n) is 4.75. The van der Waals surface area contributed by atoms with Crippen LogP contribution in [0, 0.1) is 22.2 Å². The summed E-state index contributed by atoms with van der Waals surface area (Å²) < 4.78 is 10.5. The zero-order chi connectivity index (χ0) is 15.8. The van der Waals surface area contributed by atoms with Crippen molar-refractivity contribution in [1.82, 2.24) is 0 Å². The number of carbonyl (C=O) groups is 1. The van der Waals surface area contributed by atoms with Crippen molar-refractivity contribution in [1.29, 1.82) is 0 Å². The van der Waals surface area contributed by atoms with E-state index in [1.165, 1.54) is 0 Å². The molecular formula is C17H32O3. The van der Waals surface area contributed by atoms with Crippen molar-refractivity contribution in [3.05, 3.63) is 0 Å². The first kappa shape index (κ1) is 17.3. The van der Waals surface area contributed by atoms with E-state index in [0.29, 0.717) is 12.5 Å². The number of hydrogen-bond acceptors (Lipinski definition) is 3. The van der Waals surface area contributed by atoms with Gasteiger partial charge in [0.2, 0.25) is 0 Å². The molecule has 3 heteroatoms. The number of carbonyl (C=O) groups excluding carboxylic acids is 1. The van der Waals surface area contributed by atoms with Gasteiger partial charge < -0.3 is 9.47 Å². The molecule has 0 aliphatic carbocycles. The van der Waals surface area contributed by atoms with Crippen LogP contribution >= 0.6 is 0 Å². The molecule has 0 amide bonds. The molecule has 1 heterocycles. The Bertz CT molecular complexity index is 348. The second kappa shape index (κ2) is 5.57. The fraction of sp³-hybridized carbons (Fsp3) is 0.941. The van der Waals surface area contributed by atoms with E-state index in [-0.39, 0.29) is 22.3 Å². The molecule has 0 aromatic heterocycles. The molecule has 3 unspecified atom stereocenters. The van der Waals surface area contributed by atoms with Crippen LogP contribution in [0.5, 0.6) is 0 Å². The van der Waals surface area contributed by atoms with Crippen LogP contribution in [0.2, 0.25) is 0 Å². The highest BCUT2D eigenvalue weighted by molar-refractivity contribution is 5.62. The van der Waals surface area contributed by atoms with E-state index in [2.05, 4.69) is 55.4 Å². The standard InChI is InChI=1S/C17H32O3/c1-9-17(8,13-11-19-14(18)20-13)12(16(5,6)7)10-15(2,3)4/h12-13H,9-11H2,1-8H3. The summed E-state index contributed by atoms with van der Waals surface area (Å²) in [6.45, 7) is 18.5. The SMILES string of the molecule is CCC(C)(C1COC(=O)O1)C(CC(C)(C)C)C(C)(C)C. The van der Waals surface area contributed by atoms with E-state index in [9.17, 15) is 4.79 Å². The van der Waals surface area contributed by atoms with Crippen LogP contribution in [0.25, 0.3) is 0 Å². The zero-order valence-corrected chi connectivity index (χ0v) is 14.5. The van der Waals surface area contributed by atoms with Gasteiger partial charge in [0.25, 0.3) is 0 Å². The highest BCUT2D eigenvalue weighted by Gasteiger charge is 2.50. The number of rotatable bonds is 4. The van der Waals surface area contributed by atoms with Crippen LogP contribution in [-0.4, -0.2) is 18.9 Å². The zero-order valence-electron chi connectivity index (χ0n) is 14.5. The molecular weight excluding hydrogens is 252 g/mol. The Hall–Kier alpha value is -0.730. The summed E-state index contributed by atoms with van der Waals surface area (Å²) in [6, 6.07) is 0. The molecule has 1 saturated heterocycles. The van der Waals surface area contributed by atoms with Gasteiger partial charge in [0.1, 0.15) is 12.7 Å². The number of ether oxygens (including phenoxy) is 2. The first-order chi connectivity index (χ1) is 8.90. The monoisotopic (exact) mass is 284 g/mol. The van der Waals surface area contributed by atoms with Gasteiger partial charge in [-0.15, -0.1) is 0 Å². The topological polar surface area (TPSA) is 35.5 Å². The molecule has 0 aromatic carbocycles. The molecule has 3 nitrogen and oxygen atoms in total. The molecule has 0 bridgehead atoms. The van der Waals surface area contributed by atoms with E-state index in [1.54, 1.807) is 0 Å². The Kier molecular flexibility index (Phi) is 4.83. The van der Waals surface area contributed by atoms with Crippen molar-refractivity contribution in [2.24, 2.45) is 22.2 Å². The molecule has 20 heavy (non-hydrogen) atoms. The fourth-order valence-corrected chi connectivity index (χ4v) is 3.49. The maximum absolute atomic E-state index is 11.3. The molecule has 1 aliphatic rings. The smallest absolute Gasteiger partial charge is 0.430 e. The van der Waals surface area contributed by atoms with Gasteiger partial charge >= 0.3 is 6.16 Å². The summed E-state index contributed by atoms with van der Waals surface area (Å²) in [6.07, 6.45) is 1.44. The minimum Gasteiger partial charge on any atom is -0.430 e. The Morgan fingerprint density at radius 2 is 1.70 bits per heavy atom. The van der Waals surface area contributed by atoms with Crippen LogP contribution in [0.3, 0.4) is 0 Å². The highest BCUT2D eigenvalue weighted by atomic mass is 16.8.